The molecule has 8 nitrogen and oxygen atoms in total. The number of nitrogens with zero attached hydrogens (tertiary/aromatic N) is 1. The molecule has 1 unspecified atom stereocenters. The standard InChI is InChI=1S/C26H27NO7/c1-16-11-20(17(2)27(16)13-19-14-32-23-7-5-6-8-24(23)34-19)21(28)15-33-26(29)18-9-10-22(30-3)25(12-18)31-4/h5-12,19H,13-15H2,1-4H3. The summed E-state index contributed by atoms with van der Waals surface area (Å²) in [6, 6.07) is 14.0. The lowest BCUT2D eigenvalue weighted by Gasteiger charge is -2.27. The summed E-state index contributed by atoms with van der Waals surface area (Å²) in [4.78, 5) is 25.3. The Hall–Kier alpha value is -3.94. The van der Waals surface area contributed by atoms with Gasteiger partial charge in [-0.25, -0.2) is 4.79 Å². The van der Waals surface area contributed by atoms with Crippen molar-refractivity contribution in [3.05, 3.63) is 71.0 Å². The molecule has 0 spiro atoms. The fraction of sp³-hybridized carbons (Fsp3) is 0.308. The third-order valence-corrected chi connectivity index (χ3v) is 5.78. The minimum Gasteiger partial charge on any atom is -0.493 e. The molecule has 34 heavy (non-hydrogen) atoms. The average molecular weight is 466 g/mol. The molecule has 1 aliphatic heterocycles. The summed E-state index contributed by atoms with van der Waals surface area (Å²) < 4.78 is 29.5. The van der Waals surface area contributed by atoms with Crippen molar-refractivity contribution in [3.8, 4) is 23.0 Å². The lowest BCUT2D eigenvalue weighted by atomic mass is 10.1. The smallest absolute Gasteiger partial charge is 0.338 e. The predicted octanol–water partition coefficient (Wildman–Crippen LogP) is 4.00. The molecule has 4 rings (SSSR count). The van der Waals surface area contributed by atoms with Crippen molar-refractivity contribution >= 4 is 11.8 Å². The van der Waals surface area contributed by atoms with Crippen LogP contribution in [-0.4, -0.2) is 49.9 Å². The van der Waals surface area contributed by atoms with E-state index in [0.29, 0.717) is 36.0 Å². The van der Waals surface area contributed by atoms with Gasteiger partial charge in [0, 0.05) is 17.0 Å². The molecule has 1 aromatic heterocycles. The summed E-state index contributed by atoms with van der Waals surface area (Å²) in [7, 11) is 2.99. The molecule has 0 fully saturated rings. The summed E-state index contributed by atoms with van der Waals surface area (Å²) in [5, 5.41) is 0. The molecule has 2 aromatic carbocycles. The van der Waals surface area contributed by atoms with Crippen molar-refractivity contribution in [2.24, 2.45) is 0 Å². The Bertz CT molecular complexity index is 1210. The monoisotopic (exact) mass is 465 g/mol. The first-order valence-electron chi connectivity index (χ1n) is 10.9. The zero-order chi connectivity index (χ0) is 24.2. The molecule has 0 bridgehead atoms. The highest BCUT2D eigenvalue weighted by Gasteiger charge is 2.24. The highest BCUT2D eigenvalue weighted by atomic mass is 16.6. The number of benzene rings is 2. The van der Waals surface area contributed by atoms with E-state index in [1.54, 1.807) is 18.2 Å². The Labute approximate surface area is 197 Å². The van der Waals surface area contributed by atoms with Crippen LogP contribution in [0.2, 0.25) is 0 Å². The van der Waals surface area contributed by atoms with Crippen LogP contribution in [0.5, 0.6) is 23.0 Å². The van der Waals surface area contributed by atoms with E-state index in [-0.39, 0.29) is 24.1 Å². The molecular weight excluding hydrogens is 438 g/mol. The van der Waals surface area contributed by atoms with Crippen molar-refractivity contribution in [3.63, 3.8) is 0 Å². The highest BCUT2D eigenvalue weighted by molar-refractivity contribution is 6.00. The van der Waals surface area contributed by atoms with E-state index in [4.69, 9.17) is 23.7 Å². The summed E-state index contributed by atoms with van der Waals surface area (Å²) >= 11 is 0. The minimum absolute atomic E-state index is 0.189. The number of hydrogen-bond acceptors (Lipinski definition) is 7. The number of carbonyl (C=O) groups excluding carboxylic acids is 2. The number of fused-ring (bicyclic) bond motifs is 1. The number of aryl methyl sites for hydroxylation is 1. The molecule has 2 heterocycles. The number of ketones is 1. The molecule has 3 aromatic rings. The molecule has 1 aliphatic rings. The third-order valence-electron chi connectivity index (χ3n) is 5.78. The van der Waals surface area contributed by atoms with E-state index in [0.717, 1.165) is 17.1 Å². The van der Waals surface area contributed by atoms with Crippen LogP contribution in [0.1, 0.15) is 32.1 Å². The zero-order valence-corrected chi connectivity index (χ0v) is 19.6. The number of hydrogen-bond donors (Lipinski definition) is 0. The molecule has 0 saturated carbocycles. The number of carbonyl (C=O) groups is 2. The van der Waals surface area contributed by atoms with Crippen LogP contribution < -0.4 is 18.9 Å². The highest BCUT2D eigenvalue weighted by Crippen LogP contribution is 2.32. The first kappa shape index (κ1) is 23.2. The Morgan fingerprint density at radius 3 is 2.47 bits per heavy atom. The maximum Gasteiger partial charge on any atom is 0.338 e. The number of para-hydroxylation sites is 2. The van der Waals surface area contributed by atoms with Gasteiger partial charge in [0.2, 0.25) is 5.78 Å². The Balaban J connectivity index is 1.41. The average Bonchev–Trinajstić information content (AvgIpc) is 3.14. The van der Waals surface area contributed by atoms with E-state index in [9.17, 15) is 9.59 Å². The van der Waals surface area contributed by atoms with Gasteiger partial charge in [0.05, 0.1) is 26.3 Å². The van der Waals surface area contributed by atoms with Gasteiger partial charge in [-0.1, -0.05) is 12.1 Å². The molecule has 178 valence electrons. The van der Waals surface area contributed by atoms with Crippen LogP contribution in [0, 0.1) is 13.8 Å². The van der Waals surface area contributed by atoms with Gasteiger partial charge in [0.1, 0.15) is 6.61 Å². The van der Waals surface area contributed by atoms with Crippen molar-refractivity contribution in [1.29, 1.82) is 0 Å². The second kappa shape index (κ2) is 9.91. The molecule has 0 aliphatic carbocycles. The normalized spacial score (nSPS) is 14.4. The number of ether oxygens (including phenoxy) is 5. The van der Waals surface area contributed by atoms with Crippen LogP contribution in [0.3, 0.4) is 0 Å². The zero-order valence-electron chi connectivity index (χ0n) is 19.6. The van der Waals surface area contributed by atoms with Crippen LogP contribution >= 0.6 is 0 Å². The molecule has 0 radical (unpaired) electrons. The van der Waals surface area contributed by atoms with Gasteiger partial charge >= 0.3 is 5.97 Å². The Morgan fingerprint density at radius 1 is 1.00 bits per heavy atom. The molecule has 8 heteroatoms. The quantitative estimate of drug-likeness (QED) is 0.367. The predicted molar refractivity (Wildman–Crippen MR) is 124 cm³/mol. The second-order valence-corrected chi connectivity index (χ2v) is 7.96. The van der Waals surface area contributed by atoms with Gasteiger partial charge in [0.25, 0.3) is 0 Å². The largest absolute Gasteiger partial charge is 0.493 e. The van der Waals surface area contributed by atoms with Crippen molar-refractivity contribution in [1.82, 2.24) is 4.57 Å². The fourth-order valence-electron chi connectivity index (χ4n) is 3.98. The SMILES string of the molecule is COc1ccc(C(=O)OCC(=O)c2cc(C)n(CC3COc4ccccc4O3)c2C)cc1OC. The number of methoxy groups -OCH3 is 2. The number of esters is 1. The van der Waals surface area contributed by atoms with E-state index < -0.39 is 5.97 Å². The maximum atomic E-state index is 12.9. The summed E-state index contributed by atoms with van der Waals surface area (Å²) in [6.07, 6.45) is -0.189. The third kappa shape index (κ3) is 4.71. The summed E-state index contributed by atoms with van der Waals surface area (Å²) in [5.41, 5.74) is 2.47. The van der Waals surface area contributed by atoms with Gasteiger partial charge in [0.15, 0.2) is 35.7 Å². The topological polar surface area (TPSA) is 85.2 Å². The van der Waals surface area contributed by atoms with Gasteiger partial charge in [-0.15, -0.1) is 0 Å². The molecular formula is C26H27NO7. The number of aromatic nitrogens is 1. The Morgan fingerprint density at radius 2 is 1.74 bits per heavy atom. The molecule has 0 amide bonds. The molecule has 0 N–H and O–H groups in total. The van der Waals surface area contributed by atoms with Crippen molar-refractivity contribution in [2.45, 2.75) is 26.5 Å². The van der Waals surface area contributed by atoms with E-state index >= 15 is 0 Å². The second-order valence-electron chi connectivity index (χ2n) is 7.96. The van der Waals surface area contributed by atoms with Crippen LogP contribution in [-0.2, 0) is 11.3 Å². The first-order valence-corrected chi connectivity index (χ1v) is 10.9. The number of rotatable bonds is 8. The lowest BCUT2D eigenvalue weighted by Crippen LogP contribution is -2.33. The molecule has 1 atom stereocenters. The maximum absolute atomic E-state index is 12.9. The number of Topliss-reactive ketones (excluding diaryl/α,β-unsaturated/α-hetero) is 1. The van der Waals surface area contributed by atoms with Crippen molar-refractivity contribution in [2.75, 3.05) is 27.4 Å². The van der Waals surface area contributed by atoms with Gasteiger partial charge in [-0.05, 0) is 50.2 Å². The van der Waals surface area contributed by atoms with Crippen molar-refractivity contribution < 1.29 is 33.3 Å². The van der Waals surface area contributed by atoms with Crippen LogP contribution in [0.4, 0.5) is 0 Å². The van der Waals surface area contributed by atoms with Crippen LogP contribution in [0.25, 0.3) is 0 Å². The molecule has 0 saturated heterocycles. The summed E-state index contributed by atoms with van der Waals surface area (Å²) in [6.45, 7) is 4.38. The van der Waals surface area contributed by atoms with Gasteiger partial charge in [-0.2, -0.15) is 0 Å². The van der Waals surface area contributed by atoms with Gasteiger partial charge in [-0.3, -0.25) is 4.79 Å². The van der Waals surface area contributed by atoms with Gasteiger partial charge < -0.3 is 28.3 Å². The van der Waals surface area contributed by atoms with E-state index in [1.807, 2.05) is 42.7 Å². The van der Waals surface area contributed by atoms with E-state index in [1.165, 1.54) is 20.3 Å². The minimum atomic E-state index is -0.616. The summed E-state index contributed by atoms with van der Waals surface area (Å²) in [5.74, 6) is 1.45. The first-order chi connectivity index (χ1) is 16.4. The van der Waals surface area contributed by atoms with Crippen LogP contribution in [0.15, 0.2) is 48.5 Å². The lowest BCUT2D eigenvalue weighted by molar-refractivity contribution is 0.0474. The van der Waals surface area contributed by atoms with E-state index in [2.05, 4.69) is 0 Å². The fourth-order valence-corrected chi connectivity index (χ4v) is 3.98. The Kier molecular flexibility index (Phi) is 6.77.